The number of hydrogen-bond donors (Lipinski definition) is 4. The molecule has 2 rings (SSSR count). The molecule has 1 saturated heterocycles. The first kappa shape index (κ1) is 24.2. The van der Waals surface area contributed by atoms with Gasteiger partial charge in [0.05, 0.1) is 33.0 Å². The van der Waals surface area contributed by atoms with E-state index >= 15 is 0 Å². The van der Waals surface area contributed by atoms with Crippen molar-refractivity contribution in [1.29, 1.82) is 0 Å². The number of amides is 2. The number of benzene rings is 1. The molecule has 1 aliphatic heterocycles. The van der Waals surface area contributed by atoms with Crippen molar-refractivity contribution in [2.45, 2.75) is 24.4 Å². The molecule has 10 heteroatoms. The highest BCUT2D eigenvalue weighted by molar-refractivity contribution is 5.89. The van der Waals surface area contributed by atoms with E-state index in [1.54, 1.807) is 18.2 Å². The van der Waals surface area contributed by atoms with Crippen LogP contribution in [-0.2, 0) is 4.74 Å². The number of methoxy groups -OCH3 is 2. The van der Waals surface area contributed by atoms with E-state index in [1.807, 2.05) is 30.9 Å². The molecule has 0 aromatic heterocycles. The minimum Gasteiger partial charge on any atom is -0.497 e. The van der Waals surface area contributed by atoms with Gasteiger partial charge < -0.3 is 40.0 Å². The number of nitrogens with one attached hydrogen (secondary N) is 2. The Bertz CT molecular complexity index is 667. The van der Waals surface area contributed by atoms with Gasteiger partial charge in [-0.1, -0.05) is 0 Å². The fourth-order valence-electron chi connectivity index (χ4n) is 3.44. The van der Waals surface area contributed by atoms with Crippen LogP contribution in [0.5, 0.6) is 11.5 Å². The molecule has 1 fully saturated rings. The fourth-order valence-corrected chi connectivity index (χ4v) is 3.44. The quantitative estimate of drug-likeness (QED) is 0.407. The first-order chi connectivity index (χ1) is 14.3. The van der Waals surface area contributed by atoms with Crippen LogP contribution in [0.1, 0.15) is 0 Å². The normalized spacial score (nSPS) is 23.6. The zero-order chi connectivity index (χ0) is 22.3. The minimum absolute atomic E-state index is 0.178. The fraction of sp³-hybridized carbons (Fsp3) is 0.650. The summed E-state index contributed by atoms with van der Waals surface area (Å²) >= 11 is 0. The Hall–Kier alpha value is -2.11. The van der Waals surface area contributed by atoms with E-state index in [1.165, 1.54) is 14.2 Å². The lowest BCUT2D eigenvalue weighted by atomic mass is 10.0. The minimum atomic E-state index is -0.848. The zero-order valence-electron chi connectivity index (χ0n) is 18.3. The molecule has 1 heterocycles. The van der Waals surface area contributed by atoms with Gasteiger partial charge in [0.1, 0.15) is 23.7 Å². The Kier molecular flexibility index (Phi) is 9.12. The summed E-state index contributed by atoms with van der Waals surface area (Å²) in [4.78, 5) is 16.4. The number of rotatable bonds is 10. The van der Waals surface area contributed by atoms with Gasteiger partial charge in [-0.05, 0) is 21.1 Å². The van der Waals surface area contributed by atoms with Crippen LogP contribution in [0, 0.1) is 0 Å². The van der Waals surface area contributed by atoms with Gasteiger partial charge in [-0.2, -0.15) is 0 Å². The average molecular weight is 427 g/mol. The second-order valence-corrected chi connectivity index (χ2v) is 7.60. The molecule has 0 bridgehead atoms. The maximum Gasteiger partial charge on any atom is 0.319 e. The van der Waals surface area contributed by atoms with Gasteiger partial charge in [0.15, 0.2) is 0 Å². The third-order valence-electron chi connectivity index (χ3n) is 5.12. The molecule has 0 unspecified atom stereocenters. The second-order valence-electron chi connectivity index (χ2n) is 7.60. The molecule has 0 saturated carbocycles. The van der Waals surface area contributed by atoms with Gasteiger partial charge in [0.2, 0.25) is 0 Å². The first-order valence-corrected chi connectivity index (χ1v) is 9.86. The number of carbonyl (C=O) groups excluding carboxylic acids is 1. The van der Waals surface area contributed by atoms with Gasteiger partial charge in [-0.25, -0.2) is 4.79 Å². The van der Waals surface area contributed by atoms with E-state index in [9.17, 15) is 15.0 Å². The molecule has 0 radical (unpaired) electrons. The van der Waals surface area contributed by atoms with Crippen LogP contribution in [0.25, 0.3) is 0 Å². The molecular weight excluding hydrogens is 392 g/mol. The number of aliphatic hydroxyl groups is 2. The zero-order valence-corrected chi connectivity index (χ0v) is 18.3. The molecule has 170 valence electrons. The van der Waals surface area contributed by atoms with Crippen LogP contribution in [0.4, 0.5) is 10.5 Å². The third-order valence-corrected chi connectivity index (χ3v) is 5.12. The van der Waals surface area contributed by atoms with Gasteiger partial charge in [0, 0.05) is 43.5 Å². The molecule has 4 N–H and O–H groups in total. The largest absolute Gasteiger partial charge is 0.497 e. The van der Waals surface area contributed by atoms with Crippen LogP contribution in [0.3, 0.4) is 0 Å². The van der Waals surface area contributed by atoms with Crippen molar-refractivity contribution in [2.75, 3.05) is 66.9 Å². The van der Waals surface area contributed by atoms with Crippen LogP contribution in [-0.4, -0.2) is 112 Å². The van der Waals surface area contributed by atoms with E-state index in [2.05, 4.69) is 10.6 Å². The summed E-state index contributed by atoms with van der Waals surface area (Å²) in [5.74, 6) is 1.11. The lowest BCUT2D eigenvalue weighted by Crippen LogP contribution is -2.51. The smallest absolute Gasteiger partial charge is 0.319 e. The van der Waals surface area contributed by atoms with Crippen molar-refractivity contribution in [2.24, 2.45) is 0 Å². The summed E-state index contributed by atoms with van der Waals surface area (Å²) in [5.41, 5.74) is 0.518. The van der Waals surface area contributed by atoms with Crippen molar-refractivity contribution in [3.8, 4) is 11.5 Å². The number of carbonyl (C=O) groups is 1. The lowest BCUT2D eigenvalue weighted by molar-refractivity contribution is -0.0205. The summed E-state index contributed by atoms with van der Waals surface area (Å²) < 4.78 is 16.2. The number of likely N-dealkylation sites (N-methyl/N-ethyl adjacent to an activating group) is 2. The molecule has 10 nitrogen and oxygen atoms in total. The summed E-state index contributed by atoms with van der Waals surface area (Å²) in [7, 11) is 8.92. The molecule has 1 aliphatic rings. The summed E-state index contributed by atoms with van der Waals surface area (Å²) in [6.45, 7) is 1.41. The van der Waals surface area contributed by atoms with Crippen LogP contribution < -0.4 is 20.1 Å². The Morgan fingerprint density at radius 1 is 1.10 bits per heavy atom. The van der Waals surface area contributed by atoms with Gasteiger partial charge in [-0.3, -0.25) is 4.90 Å². The SMILES string of the molecule is COc1cc(NC(=O)NC[C@H]2O[C@@H](CO)[C@@H](O)[C@H]2N(C)CCN(C)C)cc(OC)c1. The second kappa shape index (κ2) is 11.3. The van der Waals surface area contributed by atoms with Crippen molar-refractivity contribution < 1.29 is 29.2 Å². The summed E-state index contributed by atoms with van der Waals surface area (Å²) in [5, 5.41) is 25.6. The molecule has 0 spiro atoms. The van der Waals surface area contributed by atoms with Gasteiger partial charge in [-0.15, -0.1) is 0 Å². The molecule has 4 atom stereocenters. The molecule has 1 aromatic rings. The maximum atomic E-state index is 12.4. The number of ether oxygens (including phenoxy) is 3. The van der Waals surface area contributed by atoms with Gasteiger partial charge in [0.25, 0.3) is 0 Å². The van der Waals surface area contributed by atoms with Crippen LogP contribution in [0.15, 0.2) is 18.2 Å². The number of nitrogens with zero attached hydrogens (tertiary/aromatic N) is 2. The summed E-state index contributed by atoms with van der Waals surface area (Å²) in [6.07, 6.45) is -2.00. The highest BCUT2D eigenvalue weighted by Gasteiger charge is 2.45. The van der Waals surface area contributed by atoms with E-state index in [0.717, 1.165) is 6.54 Å². The molecule has 1 aromatic carbocycles. The first-order valence-electron chi connectivity index (χ1n) is 9.86. The van der Waals surface area contributed by atoms with Gasteiger partial charge >= 0.3 is 6.03 Å². The predicted molar refractivity (Wildman–Crippen MR) is 113 cm³/mol. The number of aliphatic hydroxyl groups excluding tert-OH is 2. The van der Waals surface area contributed by atoms with E-state index in [-0.39, 0.29) is 19.2 Å². The van der Waals surface area contributed by atoms with Crippen LogP contribution in [0.2, 0.25) is 0 Å². The molecule has 0 aliphatic carbocycles. The van der Waals surface area contributed by atoms with Crippen molar-refractivity contribution >= 4 is 11.7 Å². The number of hydrogen-bond acceptors (Lipinski definition) is 8. The summed E-state index contributed by atoms with van der Waals surface area (Å²) in [6, 6.07) is 4.29. The lowest BCUT2D eigenvalue weighted by Gasteiger charge is -2.31. The highest BCUT2D eigenvalue weighted by atomic mass is 16.5. The predicted octanol–water partition coefficient (Wildman–Crippen LogP) is -0.192. The Labute approximate surface area is 177 Å². The maximum absolute atomic E-state index is 12.4. The molecular formula is C20H34N4O6. The monoisotopic (exact) mass is 426 g/mol. The van der Waals surface area contributed by atoms with E-state index < -0.39 is 24.3 Å². The standard InChI is InChI=1S/C20H34N4O6/c1-23(2)6-7-24(3)18-16(30-17(12-25)19(18)26)11-21-20(27)22-13-8-14(28-4)10-15(9-13)29-5/h8-10,16-19,25-26H,6-7,11-12H2,1-5H3,(H2,21,22,27)/t16-,17+,18+,19-/m1/s1. The van der Waals surface area contributed by atoms with Crippen molar-refractivity contribution in [3.05, 3.63) is 18.2 Å². The average Bonchev–Trinajstić information content (AvgIpc) is 3.05. The topological polar surface area (TPSA) is 116 Å². The number of anilines is 1. The highest BCUT2D eigenvalue weighted by Crippen LogP contribution is 2.26. The third kappa shape index (κ3) is 6.44. The van der Waals surface area contributed by atoms with Crippen molar-refractivity contribution in [1.82, 2.24) is 15.1 Å². The van der Waals surface area contributed by atoms with Crippen LogP contribution >= 0.6 is 0 Å². The Morgan fingerprint density at radius 2 is 1.73 bits per heavy atom. The molecule has 30 heavy (non-hydrogen) atoms. The van der Waals surface area contributed by atoms with E-state index in [4.69, 9.17) is 14.2 Å². The Balaban J connectivity index is 1.98. The van der Waals surface area contributed by atoms with Crippen molar-refractivity contribution in [3.63, 3.8) is 0 Å². The van der Waals surface area contributed by atoms with E-state index in [0.29, 0.717) is 23.7 Å². The number of urea groups is 1. The molecule has 2 amide bonds. The Morgan fingerprint density at radius 3 is 2.27 bits per heavy atom.